The number of aryl methyl sites for hydroxylation is 1. The van der Waals surface area contributed by atoms with Gasteiger partial charge in [0.1, 0.15) is 11.1 Å². The number of carbonyl (C=O) groups excluding carboxylic acids is 2. The second-order valence-corrected chi connectivity index (χ2v) is 7.86. The van der Waals surface area contributed by atoms with Crippen molar-refractivity contribution >= 4 is 23.4 Å². The van der Waals surface area contributed by atoms with E-state index in [1.165, 1.54) is 5.56 Å². The van der Waals surface area contributed by atoms with Gasteiger partial charge in [-0.15, -0.1) is 0 Å². The molecule has 0 radical (unpaired) electrons. The van der Waals surface area contributed by atoms with Gasteiger partial charge < -0.3 is 20.3 Å². The summed E-state index contributed by atoms with van der Waals surface area (Å²) in [7, 11) is 0. The molecule has 3 rings (SSSR count). The highest BCUT2D eigenvalue weighted by Gasteiger charge is 2.45. The minimum absolute atomic E-state index is 0.0203. The lowest BCUT2D eigenvalue weighted by molar-refractivity contribution is -0.122. The molecule has 1 fully saturated rings. The number of likely N-dealkylation sites (tertiary alicyclic amines) is 1. The quantitative estimate of drug-likeness (QED) is 0.818. The van der Waals surface area contributed by atoms with Crippen molar-refractivity contribution in [2.45, 2.75) is 58.1 Å². The fourth-order valence-corrected chi connectivity index (χ4v) is 3.33. The molecule has 6 heteroatoms. The van der Waals surface area contributed by atoms with E-state index in [1.807, 2.05) is 32.9 Å². The summed E-state index contributed by atoms with van der Waals surface area (Å²) in [6.07, 6.45) is 1.76. The van der Waals surface area contributed by atoms with Gasteiger partial charge in [-0.25, -0.2) is 4.79 Å². The molecule has 0 aliphatic carbocycles. The molecule has 25 heavy (non-hydrogen) atoms. The van der Waals surface area contributed by atoms with Crippen LogP contribution in [0.3, 0.4) is 0 Å². The van der Waals surface area contributed by atoms with Crippen LogP contribution in [0.25, 0.3) is 0 Å². The Morgan fingerprint density at radius 3 is 2.52 bits per heavy atom. The Bertz CT molecular complexity index is 686. The zero-order valence-electron chi connectivity index (χ0n) is 15.4. The average molecular weight is 345 g/mol. The highest BCUT2D eigenvalue weighted by atomic mass is 16.6. The number of anilines is 2. The summed E-state index contributed by atoms with van der Waals surface area (Å²) in [6, 6.07) is 6.07. The van der Waals surface area contributed by atoms with Gasteiger partial charge in [0.2, 0.25) is 5.91 Å². The predicted octanol–water partition coefficient (Wildman–Crippen LogP) is 3.38. The summed E-state index contributed by atoms with van der Waals surface area (Å²) in [6.45, 7) is 8.67. The third kappa shape index (κ3) is 3.57. The van der Waals surface area contributed by atoms with Crippen LogP contribution in [-0.4, -0.2) is 41.1 Å². The predicted molar refractivity (Wildman–Crippen MR) is 97.8 cm³/mol. The number of hydrogen-bond donors (Lipinski definition) is 2. The van der Waals surface area contributed by atoms with Crippen molar-refractivity contribution in [3.05, 3.63) is 23.8 Å². The molecular formula is C19H27N3O3. The molecule has 136 valence electrons. The first-order valence-corrected chi connectivity index (χ1v) is 8.93. The summed E-state index contributed by atoms with van der Waals surface area (Å²) in [5, 5.41) is 6.47. The topological polar surface area (TPSA) is 70.7 Å². The lowest BCUT2D eigenvalue weighted by Gasteiger charge is -2.44. The van der Waals surface area contributed by atoms with Crippen LogP contribution in [-0.2, 0) is 16.0 Å². The maximum Gasteiger partial charge on any atom is 0.410 e. The van der Waals surface area contributed by atoms with Gasteiger partial charge in [-0.3, -0.25) is 4.79 Å². The Morgan fingerprint density at radius 1 is 1.24 bits per heavy atom. The zero-order chi connectivity index (χ0) is 18.2. The van der Waals surface area contributed by atoms with E-state index in [2.05, 4.69) is 23.6 Å². The van der Waals surface area contributed by atoms with Crippen LogP contribution in [0, 0.1) is 0 Å². The Hall–Kier alpha value is -2.24. The summed E-state index contributed by atoms with van der Waals surface area (Å²) in [5.41, 5.74) is 1.84. The maximum absolute atomic E-state index is 12.7. The second-order valence-electron chi connectivity index (χ2n) is 7.86. The number of ether oxygens (including phenoxy) is 1. The first-order chi connectivity index (χ1) is 11.7. The molecule has 0 bridgehead atoms. The minimum Gasteiger partial charge on any atom is -0.444 e. The molecule has 0 saturated carbocycles. The number of benzene rings is 1. The van der Waals surface area contributed by atoms with Gasteiger partial charge >= 0.3 is 6.09 Å². The molecule has 1 spiro atoms. The van der Waals surface area contributed by atoms with E-state index in [1.54, 1.807) is 4.90 Å². The van der Waals surface area contributed by atoms with Gasteiger partial charge in [-0.1, -0.05) is 13.0 Å². The van der Waals surface area contributed by atoms with Crippen LogP contribution in [0.4, 0.5) is 16.2 Å². The van der Waals surface area contributed by atoms with Crippen molar-refractivity contribution in [3.8, 4) is 0 Å². The van der Waals surface area contributed by atoms with Crippen molar-refractivity contribution in [2.24, 2.45) is 0 Å². The van der Waals surface area contributed by atoms with E-state index >= 15 is 0 Å². The van der Waals surface area contributed by atoms with Crippen molar-refractivity contribution < 1.29 is 14.3 Å². The summed E-state index contributed by atoms with van der Waals surface area (Å²) in [5.74, 6) is -0.0203. The van der Waals surface area contributed by atoms with E-state index in [0.717, 1.165) is 17.8 Å². The molecule has 2 aliphatic rings. The van der Waals surface area contributed by atoms with Crippen LogP contribution < -0.4 is 10.6 Å². The standard InChI is InChI=1S/C19H27N3O3/c1-5-13-6-7-14-15(12-13)21-19(16(23)20-14)8-10-22(11-9-19)17(24)25-18(2,3)4/h6-7,12,21H,5,8-11H2,1-4H3,(H,20,23). The van der Waals surface area contributed by atoms with Crippen molar-refractivity contribution in [3.63, 3.8) is 0 Å². The van der Waals surface area contributed by atoms with Crippen LogP contribution in [0.5, 0.6) is 0 Å². The maximum atomic E-state index is 12.7. The highest BCUT2D eigenvalue weighted by molar-refractivity contribution is 6.06. The lowest BCUT2D eigenvalue weighted by atomic mass is 9.84. The second kappa shape index (κ2) is 6.24. The van der Waals surface area contributed by atoms with Crippen LogP contribution in [0.2, 0.25) is 0 Å². The number of fused-ring (bicyclic) bond motifs is 1. The zero-order valence-corrected chi connectivity index (χ0v) is 15.4. The van der Waals surface area contributed by atoms with Crippen molar-refractivity contribution in [1.82, 2.24) is 4.90 Å². The van der Waals surface area contributed by atoms with Gasteiger partial charge in [0.05, 0.1) is 11.4 Å². The largest absolute Gasteiger partial charge is 0.444 e. The Labute approximate surface area is 148 Å². The molecule has 0 aromatic heterocycles. The fraction of sp³-hybridized carbons (Fsp3) is 0.579. The van der Waals surface area contributed by atoms with Gasteiger partial charge in [0, 0.05) is 13.1 Å². The number of rotatable bonds is 1. The number of hydrogen-bond acceptors (Lipinski definition) is 4. The highest BCUT2D eigenvalue weighted by Crippen LogP contribution is 2.37. The van der Waals surface area contributed by atoms with Crippen molar-refractivity contribution in [2.75, 3.05) is 23.7 Å². The van der Waals surface area contributed by atoms with E-state index in [4.69, 9.17) is 4.74 Å². The molecule has 0 unspecified atom stereocenters. The van der Waals surface area contributed by atoms with Gasteiger partial charge in [0.15, 0.2) is 0 Å². The Morgan fingerprint density at radius 2 is 1.92 bits per heavy atom. The van der Waals surface area contributed by atoms with Gasteiger partial charge in [0.25, 0.3) is 0 Å². The monoisotopic (exact) mass is 345 g/mol. The summed E-state index contributed by atoms with van der Waals surface area (Å²) >= 11 is 0. The SMILES string of the molecule is CCc1ccc2c(c1)NC1(CCN(C(=O)OC(C)(C)C)CC1)C(=O)N2. The Kier molecular flexibility index (Phi) is 4.39. The first-order valence-electron chi connectivity index (χ1n) is 8.93. The first kappa shape index (κ1) is 17.6. The molecule has 2 aliphatic heterocycles. The molecule has 1 aromatic carbocycles. The molecule has 2 N–H and O–H groups in total. The summed E-state index contributed by atoms with van der Waals surface area (Å²) in [4.78, 5) is 26.6. The van der Waals surface area contributed by atoms with Crippen molar-refractivity contribution in [1.29, 1.82) is 0 Å². The van der Waals surface area contributed by atoms with E-state index in [-0.39, 0.29) is 12.0 Å². The van der Waals surface area contributed by atoms with Crippen LogP contribution in [0.15, 0.2) is 18.2 Å². The third-order valence-electron chi connectivity index (χ3n) is 4.82. The van der Waals surface area contributed by atoms with E-state index in [9.17, 15) is 9.59 Å². The summed E-state index contributed by atoms with van der Waals surface area (Å²) < 4.78 is 5.43. The number of carbonyl (C=O) groups is 2. The van der Waals surface area contributed by atoms with Gasteiger partial charge in [-0.05, 0) is 57.7 Å². The van der Waals surface area contributed by atoms with Crippen LogP contribution >= 0.6 is 0 Å². The smallest absolute Gasteiger partial charge is 0.410 e. The molecule has 1 aromatic rings. The number of piperidine rings is 1. The Balaban J connectivity index is 1.72. The molecular weight excluding hydrogens is 318 g/mol. The van der Waals surface area contributed by atoms with E-state index < -0.39 is 11.1 Å². The molecule has 2 amide bonds. The number of amides is 2. The fourth-order valence-electron chi connectivity index (χ4n) is 3.33. The van der Waals surface area contributed by atoms with Crippen LogP contribution in [0.1, 0.15) is 46.1 Å². The van der Waals surface area contributed by atoms with Gasteiger partial charge in [-0.2, -0.15) is 0 Å². The number of nitrogens with one attached hydrogen (secondary N) is 2. The lowest BCUT2D eigenvalue weighted by Crippen LogP contribution is -2.59. The molecule has 2 heterocycles. The molecule has 1 saturated heterocycles. The minimum atomic E-state index is -0.655. The number of nitrogens with zero attached hydrogens (tertiary/aromatic N) is 1. The average Bonchev–Trinajstić information content (AvgIpc) is 2.54. The third-order valence-corrected chi connectivity index (χ3v) is 4.82. The van der Waals surface area contributed by atoms with E-state index in [0.29, 0.717) is 25.9 Å². The molecule has 6 nitrogen and oxygen atoms in total. The normalized spacial score (nSPS) is 19.0. The molecule has 0 atom stereocenters.